The molecule has 1 fully saturated rings. The van der Waals surface area contributed by atoms with Crippen molar-refractivity contribution in [3.8, 4) is 5.75 Å². The Balaban J connectivity index is 0.00000300. The van der Waals surface area contributed by atoms with Gasteiger partial charge >= 0.3 is 0 Å². The first-order chi connectivity index (χ1) is 13.7. The molecule has 1 saturated heterocycles. The van der Waals surface area contributed by atoms with Crippen molar-refractivity contribution in [2.45, 2.75) is 33.4 Å². The van der Waals surface area contributed by atoms with Crippen LogP contribution in [0, 0.1) is 19.8 Å². The topological polar surface area (TPSA) is 54.9 Å². The molecule has 5 nitrogen and oxygen atoms in total. The predicted octanol–water partition coefficient (Wildman–Crippen LogP) is 4.20. The summed E-state index contributed by atoms with van der Waals surface area (Å²) in [5.41, 5.74) is 4.87. The third-order valence-electron chi connectivity index (χ3n) is 5.10. The number of hydrogen-bond donors (Lipinski definition) is 2. The van der Waals surface area contributed by atoms with E-state index in [9.17, 15) is 0 Å². The molecule has 0 aliphatic carbocycles. The predicted molar refractivity (Wildman–Crippen MR) is 129 cm³/mol. The fourth-order valence-electron chi connectivity index (χ4n) is 3.25. The molecule has 3 rings (SSSR count). The average Bonchev–Trinajstić information content (AvgIpc) is 3.22. The van der Waals surface area contributed by atoms with Gasteiger partial charge in [0, 0.05) is 38.2 Å². The summed E-state index contributed by atoms with van der Waals surface area (Å²) < 4.78 is 11.6. The number of ether oxygens (including phenoxy) is 2. The number of nitrogens with zero attached hydrogens (tertiary/aromatic N) is 1. The maximum atomic E-state index is 6.13. The lowest BCUT2D eigenvalue weighted by Crippen LogP contribution is -2.36. The van der Waals surface area contributed by atoms with E-state index in [1.165, 1.54) is 16.7 Å². The van der Waals surface area contributed by atoms with Gasteiger partial charge in [-0.3, -0.25) is 4.99 Å². The highest BCUT2D eigenvalue weighted by atomic mass is 127. The maximum absolute atomic E-state index is 6.13. The Labute approximate surface area is 191 Å². The summed E-state index contributed by atoms with van der Waals surface area (Å²) in [7, 11) is 1.79. The number of nitrogens with one attached hydrogen (secondary N) is 2. The first kappa shape index (κ1) is 23.5. The molecule has 1 atom stereocenters. The smallest absolute Gasteiger partial charge is 0.191 e. The average molecular weight is 509 g/mol. The van der Waals surface area contributed by atoms with Gasteiger partial charge < -0.3 is 20.1 Å². The molecule has 0 radical (unpaired) electrons. The Morgan fingerprint density at radius 1 is 1.10 bits per heavy atom. The lowest BCUT2D eigenvalue weighted by atomic mass is 10.1. The maximum Gasteiger partial charge on any atom is 0.191 e. The fraction of sp³-hybridized carbons (Fsp3) is 0.435. The highest BCUT2D eigenvalue weighted by molar-refractivity contribution is 14.0. The first-order valence-corrected chi connectivity index (χ1v) is 9.95. The Kier molecular flexibility index (Phi) is 9.73. The first-order valence-electron chi connectivity index (χ1n) is 9.95. The van der Waals surface area contributed by atoms with Crippen molar-refractivity contribution >= 4 is 29.9 Å². The van der Waals surface area contributed by atoms with Gasteiger partial charge in [-0.2, -0.15) is 0 Å². The van der Waals surface area contributed by atoms with Crippen molar-refractivity contribution in [3.63, 3.8) is 0 Å². The van der Waals surface area contributed by atoms with E-state index in [2.05, 4.69) is 71.9 Å². The highest BCUT2D eigenvalue weighted by Gasteiger charge is 2.17. The molecule has 1 heterocycles. The molecular formula is C23H32IN3O2. The van der Waals surface area contributed by atoms with Gasteiger partial charge in [-0.05, 0) is 43.0 Å². The highest BCUT2D eigenvalue weighted by Crippen LogP contribution is 2.22. The zero-order valence-corrected chi connectivity index (χ0v) is 19.9. The minimum absolute atomic E-state index is 0. The molecular weight excluding hydrogens is 477 g/mol. The minimum Gasteiger partial charge on any atom is -0.493 e. The van der Waals surface area contributed by atoms with Crippen LogP contribution in [0.5, 0.6) is 5.75 Å². The van der Waals surface area contributed by atoms with Crippen molar-refractivity contribution in [3.05, 3.63) is 64.7 Å². The molecule has 6 heteroatoms. The Morgan fingerprint density at radius 2 is 1.86 bits per heavy atom. The number of aliphatic imine (C=N–C) groups is 1. The molecule has 1 aliphatic rings. The van der Waals surface area contributed by atoms with E-state index in [1.807, 2.05) is 0 Å². The van der Waals surface area contributed by atoms with Crippen molar-refractivity contribution in [1.29, 1.82) is 0 Å². The van der Waals surface area contributed by atoms with Crippen LogP contribution in [0.4, 0.5) is 0 Å². The monoisotopic (exact) mass is 509 g/mol. The fourth-order valence-corrected chi connectivity index (χ4v) is 3.25. The summed E-state index contributed by atoms with van der Waals surface area (Å²) in [4.78, 5) is 4.34. The summed E-state index contributed by atoms with van der Waals surface area (Å²) in [5.74, 6) is 2.21. The van der Waals surface area contributed by atoms with Crippen LogP contribution in [0.3, 0.4) is 0 Å². The summed E-state index contributed by atoms with van der Waals surface area (Å²) in [5, 5.41) is 6.78. The lowest BCUT2D eigenvalue weighted by molar-refractivity contribution is 0.166. The van der Waals surface area contributed by atoms with Crippen LogP contribution in [-0.2, 0) is 17.8 Å². The van der Waals surface area contributed by atoms with Crippen molar-refractivity contribution < 1.29 is 9.47 Å². The Hall–Kier alpha value is -1.80. The van der Waals surface area contributed by atoms with Crippen LogP contribution >= 0.6 is 24.0 Å². The summed E-state index contributed by atoms with van der Waals surface area (Å²) in [6.07, 6.45) is 1.08. The molecule has 0 saturated carbocycles. The minimum atomic E-state index is 0. The zero-order chi connectivity index (χ0) is 19.8. The van der Waals surface area contributed by atoms with E-state index in [4.69, 9.17) is 9.47 Å². The molecule has 0 aromatic heterocycles. The largest absolute Gasteiger partial charge is 0.493 e. The summed E-state index contributed by atoms with van der Waals surface area (Å²) in [6.45, 7) is 7.96. The van der Waals surface area contributed by atoms with Crippen LogP contribution in [0.1, 0.15) is 28.7 Å². The van der Waals surface area contributed by atoms with E-state index >= 15 is 0 Å². The van der Waals surface area contributed by atoms with Gasteiger partial charge in [0.25, 0.3) is 0 Å². The van der Waals surface area contributed by atoms with Gasteiger partial charge in [0.2, 0.25) is 0 Å². The van der Waals surface area contributed by atoms with Crippen LogP contribution in [0.15, 0.2) is 47.5 Å². The van der Waals surface area contributed by atoms with Gasteiger partial charge in [0.1, 0.15) is 5.75 Å². The zero-order valence-electron chi connectivity index (χ0n) is 17.5. The third kappa shape index (κ3) is 7.19. The van der Waals surface area contributed by atoms with E-state index in [0.29, 0.717) is 19.1 Å². The van der Waals surface area contributed by atoms with Gasteiger partial charge in [-0.25, -0.2) is 0 Å². The quantitative estimate of drug-likeness (QED) is 0.334. The number of rotatable bonds is 7. The normalized spacial score (nSPS) is 16.2. The second-order valence-corrected chi connectivity index (χ2v) is 7.36. The van der Waals surface area contributed by atoms with E-state index in [0.717, 1.165) is 43.5 Å². The molecule has 158 valence electrons. The number of guanidine groups is 1. The molecule has 2 N–H and O–H groups in total. The summed E-state index contributed by atoms with van der Waals surface area (Å²) >= 11 is 0. The molecule has 0 amide bonds. The van der Waals surface area contributed by atoms with Crippen LogP contribution in [0.25, 0.3) is 0 Å². The SMILES string of the molecule is CN=C(NCc1ccccc1C)NCc1ccc(C)cc1OCC1CCOC1.I. The summed E-state index contributed by atoms with van der Waals surface area (Å²) in [6, 6.07) is 14.7. The number of aryl methyl sites for hydroxylation is 2. The molecule has 2 aromatic carbocycles. The number of hydrogen-bond acceptors (Lipinski definition) is 3. The molecule has 0 spiro atoms. The molecule has 1 aliphatic heterocycles. The number of halogens is 1. The standard InChI is InChI=1S/C23H31N3O2.HI/c1-17-8-9-21(22(12-17)28-16-19-10-11-27-15-19)14-26-23(24-3)25-13-20-7-5-4-6-18(20)2;/h4-9,12,19H,10-11,13-16H2,1-3H3,(H2,24,25,26);1H. The Morgan fingerprint density at radius 3 is 2.55 bits per heavy atom. The van der Waals surface area contributed by atoms with E-state index < -0.39 is 0 Å². The van der Waals surface area contributed by atoms with E-state index in [-0.39, 0.29) is 24.0 Å². The molecule has 1 unspecified atom stereocenters. The van der Waals surface area contributed by atoms with Gasteiger partial charge in [0.05, 0.1) is 13.2 Å². The molecule has 0 bridgehead atoms. The molecule has 2 aromatic rings. The number of benzene rings is 2. The van der Waals surface area contributed by atoms with E-state index in [1.54, 1.807) is 7.05 Å². The lowest BCUT2D eigenvalue weighted by Gasteiger charge is -2.17. The second kappa shape index (κ2) is 12.0. The van der Waals surface area contributed by atoms with Crippen LogP contribution < -0.4 is 15.4 Å². The van der Waals surface area contributed by atoms with Crippen molar-refractivity contribution in [2.24, 2.45) is 10.9 Å². The van der Waals surface area contributed by atoms with Crippen molar-refractivity contribution in [1.82, 2.24) is 10.6 Å². The van der Waals surface area contributed by atoms with Crippen molar-refractivity contribution in [2.75, 3.05) is 26.9 Å². The van der Waals surface area contributed by atoms with Crippen LogP contribution in [0.2, 0.25) is 0 Å². The van der Waals surface area contributed by atoms with Gasteiger partial charge in [-0.1, -0.05) is 36.4 Å². The van der Waals surface area contributed by atoms with Gasteiger partial charge in [-0.15, -0.1) is 24.0 Å². The van der Waals surface area contributed by atoms with Crippen LogP contribution in [-0.4, -0.2) is 32.8 Å². The second-order valence-electron chi connectivity index (χ2n) is 7.36. The Bertz CT molecular complexity index is 804. The third-order valence-corrected chi connectivity index (χ3v) is 5.10. The molecule has 29 heavy (non-hydrogen) atoms. The van der Waals surface area contributed by atoms with Gasteiger partial charge in [0.15, 0.2) is 5.96 Å².